The molecule has 3 nitrogen and oxygen atoms in total. The summed E-state index contributed by atoms with van der Waals surface area (Å²) >= 11 is 11.3. The summed E-state index contributed by atoms with van der Waals surface area (Å²) in [5.74, 6) is 0.716. The number of alkyl halides is 3. The van der Waals surface area contributed by atoms with E-state index in [1.54, 1.807) is 11.3 Å². The van der Waals surface area contributed by atoms with Crippen LogP contribution in [0.4, 0.5) is 19.0 Å². The van der Waals surface area contributed by atoms with E-state index in [2.05, 4.69) is 26.3 Å². The molecule has 1 aliphatic rings. The van der Waals surface area contributed by atoms with Gasteiger partial charge in [0.25, 0.3) is 0 Å². The van der Waals surface area contributed by atoms with Crippen molar-refractivity contribution in [3.05, 3.63) is 50.3 Å². The number of nitrogens with one attached hydrogen (secondary N) is 1. The molecule has 9 heteroatoms. The molecule has 1 aromatic carbocycles. The molecule has 0 amide bonds. The fourth-order valence-electron chi connectivity index (χ4n) is 3.17. The number of halogens is 5. The normalized spacial score (nSPS) is 14.6. The average Bonchev–Trinajstić information content (AvgIpc) is 3.09. The third kappa shape index (κ3) is 3.62. The third-order valence-corrected chi connectivity index (χ3v) is 6.39. The highest BCUT2D eigenvalue weighted by Crippen LogP contribution is 2.40. The summed E-state index contributed by atoms with van der Waals surface area (Å²) in [5.41, 5.74) is 1.26. The Morgan fingerprint density at radius 3 is 2.70 bits per heavy atom. The molecule has 0 bridgehead atoms. The van der Waals surface area contributed by atoms with Gasteiger partial charge in [0.2, 0.25) is 0 Å². The zero-order valence-electron chi connectivity index (χ0n) is 13.9. The topological polar surface area (TPSA) is 29.9 Å². The van der Waals surface area contributed by atoms with Gasteiger partial charge in [0.05, 0.1) is 24.9 Å². The van der Waals surface area contributed by atoms with Gasteiger partial charge >= 0.3 is 6.18 Å². The van der Waals surface area contributed by atoms with Crippen LogP contribution in [0.5, 0.6) is 0 Å². The first kappa shape index (κ1) is 18.8. The van der Waals surface area contributed by atoms with E-state index in [0.717, 1.165) is 57.9 Å². The summed E-state index contributed by atoms with van der Waals surface area (Å²) in [6.45, 7) is 0.739. The van der Waals surface area contributed by atoms with Crippen molar-refractivity contribution in [1.29, 1.82) is 0 Å². The van der Waals surface area contributed by atoms with E-state index in [1.165, 1.54) is 10.7 Å². The Bertz CT molecular complexity index is 996. The second-order valence-corrected chi connectivity index (χ2v) is 9.11. The summed E-state index contributed by atoms with van der Waals surface area (Å²) in [7, 11) is 0. The van der Waals surface area contributed by atoms with Crippen LogP contribution in [0.2, 0.25) is 5.02 Å². The van der Waals surface area contributed by atoms with E-state index < -0.39 is 11.7 Å². The molecule has 1 N–H and O–H groups in total. The Morgan fingerprint density at radius 1 is 1.19 bits per heavy atom. The number of aromatic nitrogens is 2. The van der Waals surface area contributed by atoms with Crippen LogP contribution in [0, 0.1) is 0 Å². The first-order valence-electron chi connectivity index (χ1n) is 8.33. The molecule has 0 fully saturated rings. The van der Waals surface area contributed by atoms with Crippen LogP contribution < -0.4 is 5.32 Å². The van der Waals surface area contributed by atoms with E-state index >= 15 is 0 Å². The van der Waals surface area contributed by atoms with Crippen LogP contribution >= 0.6 is 38.9 Å². The van der Waals surface area contributed by atoms with Gasteiger partial charge in [-0.15, -0.1) is 11.3 Å². The Balaban J connectivity index is 1.93. The fourth-order valence-corrected chi connectivity index (χ4v) is 4.76. The van der Waals surface area contributed by atoms with Crippen molar-refractivity contribution in [3.63, 3.8) is 0 Å². The molecule has 27 heavy (non-hydrogen) atoms. The molecule has 0 saturated heterocycles. The monoisotopic (exact) mass is 475 g/mol. The zero-order valence-corrected chi connectivity index (χ0v) is 17.1. The molecular formula is C18H14BrClF3N3S. The summed E-state index contributed by atoms with van der Waals surface area (Å²) in [6.07, 6.45) is -1.66. The molecule has 3 heterocycles. The number of hydrogen-bond acceptors (Lipinski definition) is 3. The smallest absolute Gasteiger partial charge is 0.370 e. The minimum Gasteiger partial charge on any atom is -0.370 e. The Morgan fingerprint density at radius 2 is 2.00 bits per heavy atom. The molecule has 0 radical (unpaired) electrons. The van der Waals surface area contributed by atoms with Crippen molar-refractivity contribution in [2.45, 2.75) is 25.4 Å². The van der Waals surface area contributed by atoms with Crippen molar-refractivity contribution in [2.75, 3.05) is 11.9 Å². The summed E-state index contributed by atoms with van der Waals surface area (Å²) in [5, 5.41) is 8.21. The van der Waals surface area contributed by atoms with E-state index in [9.17, 15) is 13.2 Å². The summed E-state index contributed by atoms with van der Waals surface area (Å²) in [6, 6.07) is 7.20. The number of anilines is 1. The van der Waals surface area contributed by atoms with Crippen LogP contribution in [-0.4, -0.2) is 16.3 Å². The van der Waals surface area contributed by atoms with Crippen LogP contribution in [0.1, 0.15) is 24.0 Å². The van der Waals surface area contributed by atoms with Gasteiger partial charge in [0.1, 0.15) is 11.5 Å². The van der Waals surface area contributed by atoms with E-state index in [4.69, 9.17) is 11.6 Å². The lowest BCUT2D eigenvalue weighted by molar-refractivity contribution is -0.137. The molecule has 0 spiro atoms. The first-order chi connectivity index (χ1) is 12.8. The molecule has 2 aromatic heterocycles. The molecule has 3 aromatic rings. The molecular weight excluding hydrogens is 463 g/mol. The van der Waals surface area contributed by atoms with Crippen LogP contribution in [-0.2, 0) is 12.6 Å². The Kier molecular flexibility index (Phi) is 4.98. The molecule has 4 rings (SSSR count). The second-order valence-electron chi connectivity index (χ2n) is 6.24. The lowest BCUT2D eigenvalue weighted by atomic mass is 10.1. The molecule has 0 saturated carbocycles. The minimum atomic E-state index is -4.45. The van der Waals surface area contributed by atoms with Crippen molar-refractivity contribution >= 4 is 44.7 Å². The predicted octanol–water partition coefficient (Wildman–Crippen LogP) is 6.78. The van der Waals surface area contributed by atoms with Gasteiger partial charge in [0, 0.05) is 12.1 Å². The predicted molar refractivity (Wildman–Crippen MR) is 106 cm³/mol. The van der Waals surface area contributed by atoms with Gasteiger partial charge in [-0.2, -0.15) is 18.3 Å². The molecule has 0 unspecified atom stereocenters. The second kappa shape index (κ2) is 7.14. The molecule has 1 aliphatic heterocycles. The van der Waals surface area contributed by atoms with Gasteiger partial charge in [0.15, 0.2) is 0 Å². The highest BCUT2D eigenvalue weighted by atomic mass is 79.9. The largest absolute Gasteiger partial charge is 0.416 e. The van der Waals surface area contributed by atoms with Crippen LogP contribution in [0.25, 0.3) is 16.3 Å². The number of hydrogen-bond donors (Lipinski definition) is 1. The van der Waals surface area contributed by atoms with Crippen molar-refractivity contribution < 1.29 is 13.2 Å². The molecule has 0 aliphatic carbocycles. The number of rotatable bonds is 2. The zero-order chi connectivity index (χ0) is 19.2. The number of fused-ring (bicyclic) bond motifs is 1. The van der Waals surface area contributed by atoms with Gasteiger partial charge in [-0.3, -0.25) is 0 Å². The Labute approximate surface area is 171 Å². The average molecular weight is 477 g/mol. The molecule has 0 atom stereocenters. The summed E-state index contributed by atoms with van der Waals surface area (Å²) in [4.78, 5) is 0.962. The maximum atomic E-state index is 13.2. The Hall–Kier alpha value is -1.51. The standard InChI is InChI=1S/C18H14BrClF3N3S/c19-15-7-6-14(27-15)16-11-3-1-2-8-24-17(11)26(25-16)13-9-10(18(21,22)23)4-5-12(13)20/h4-7,9,24H,1-3,8H2. The van der Waals surface area contributed by atoms with Crippen molar-refractivity contribution in [3.8, 4) is 16.3 Å². The third-order valence-electron chi connectivity index (χ3n) is 4.44. The maximum absolute atomic E-state index is 13.2. The first-order valence-corrected chi connectivity index (χ1v) is 10.3. The molecule has 142 valence electrons. The van der Waals surface area contributed by atoms with Gasteiger partial charge in [-0.25, -0.2) is 4.68 Å². The van der Waals surface area contributed by atoms with Crippen molar-refractivity contribution in [2.24, 2.45) is 0 Å². The highest BCUT2D eigenvalue weighted by Gasteiger charge is 2.32. The minimum absolute atomic E-state index is 0.221. The summed E-state index contributed by atoms with van der Waals surface area (Å²) < 4.78 is 42.1. The number of benzene rings is 1. The quantitative estimate of drug-likeness (QED) is 0.442. The fraction of sp³-hybridized carbons (Fsp3) is 0.278. The van der Waals surface area contributed by atoms with Gasteiger partial charge in [-0.1, -0.05) is 11.6 Å². The van der Waals surface area contributed by atoms with E-state index in [-0.39, 0.29) is 10.7 Å². The van der Waals surface area contributed by atoms with Crippen molar-refractivity contribution in [1.82, 2.24) is 9.78 Å². The van der Waals surface area contributed by atoms with Crippen LogP contribution in [0.15, 0.2) is 34.1 Å². The lowest BCUT2D eigenvalue weighted by Gasteiger charge is -2.13. The highest BCUT2D eigenvalue weighted by molar-refractivity contribution is 9.11. The van der Waals surface area contributed by atoms with Gasteiger partial charge in [-0.05, 0) is 65.5 Å². The maximum Gasteiger partial charge on any atom is 0.416 e. The lowest BCUT2D eigenvalue weighted by Crippen LogP contribution is -2.10. The SMILES string of the molecule is FC(F)(F)c1ccc(Cl)c(-n2nc(-c3ccc(Br)s3)c3c2NCCCC3)c1. The van der Waals surface area contributed by atoms with Gasteiger partial charge < -0.3 is 5.32 Å². The van der Waals surface area contributed by atoms with Crippen LogP contribution in [0.3, 0.4) is 0 Å². The van der Waals surface area contributed by atoms with E-state index in [0.29, 0.717) is 5.82 Å². The number of nitrogens with zero attached hydrogens (tertiary/aromatic N) is 2. The van der Waals surface area contributed by atoms with E-state index in [1.807, 2.05) is 12.1 Å². The number of thiophene rings is 1.